The lowest BCUT2D eigenvalue weighted by Gasteiger charge is -2.14. The van der Waals surface area contributed by atoms with Crippen LogP contribution >= 0.6 is 0 Å². The van der Waals surface area contributed by atoms with Gasteiger partial charge < -0.3 is 0 Å². The molecule has 1 atom stereocenters. The summed E-state index contributed by atoms with van der Waals surface area (Å²) >= 11 is 0. The van der Waals surface area contributed by atoms with E-state index < -0.39 is 0 Å². The Morgan fingerprint density at radius 3 is 2.33 bits per heavy atom. The number of rotatable bonds is 3. The summed E-state index contributed by atoms with van der Waals surface area (Å²) in [7, 11) is 0. The number of aromatic nitrogens is 1. The number of nitrogens with zero attached hydrogens (tertiary/aromatic N) is 1. The highest BCUT2D eigenvalue weighted by molar-refractivity contribution is 5.30. The SMILES string of the molecule is CC[C@@H](c1ccccc1)c1cccnc1. The summed E-state index contributed by atoms with van der Waals surface area (Å²) in [4.78, 5) is 4.18. The quantitative estimate of drug-likeness (QED) is 0.732. The molecular weight excluding hydrogens is 182 g/mol. The molecule has 0 amide bonds. The Hall–Kier alpha value is -1.63. The van der Waals surface area contributed by atoms with E-state index in [1.54, 1.807) is 0 Å². The molecule has 2 rings (SSSR count). The highest BCUT2D eigenvalue weighted by atomic mass is 14.6. The molecule has 0 aliphatic carbocycles. The Morgan fingerprint density at radius 2 is 1.73 bits per heavy atom. The van der Waals surface area contributed by atoms with E-state index >= 15 is 0 Å². The van der Waals surface area contributed by atoms with Crippen LogP contribution in [0.4, 0.5) is 0 Å². The molecule has 15 heavy (non-hydrogen) atoms. The van der Waals surface area contributed by atoms with Crippen LogP contribution in [-0.4, -0.2) is 4.98 Å². The Kier molecular flexibility index (Phi) is 3.13. The lowest BCUT2D eigenvalue weighted by Crippen LogP contribution is -1.99. The van der Waals surface area contributed by atoms with Gasteiger partial charge in [-0.15, -0.1) is 0 Å². The smallest absolute Gasteiger partial charge is 0.0306 e. The normalized spacial score (nSPS) is 12.3. The molecule has 0 aliphatic rings. The zero-order valence-electron chi connectivity index (χ0n) is 8.93. The minimum absolute atomic E-state index is 0.472. The lowest BCUT2D eigenvalue weighted by atomic mass is 9.90. The van der Waals surface area contributed by atoms with Gasteiger partial charge in [0.2, 0.25) is 0 Å². The van der Waals surface area contributed by atoms with Crippen molar-refractivity contribution in [3.05, 3.63) is 66.0 Å². The molecule has 0 radical (unpaired) electrons. The van der Waals surface area contributed by atoms with E-state index in [1.807, 2.05) is 18.5 Å². The van der Waals surface area contributed by atoms with Crippen molar-refractivity contribution in [2.75, 3.05) is 0 Å². The van der Waals surface area contributed by atoms with Gasteiger partial charge in [0, 0.05) is 18.3 Å². The van der Waals surface area contributed by atoms with E-state index in [0.29, 0.717) is 5.92 Å². The minimum atomic E-state index is 0.472. The third-order valence-corrected chi connectivity index (χ3v) is 2.70. The summed E-state index contributed by atoms with van der Waals surface area (Å²) in [6.45, 7) is 2.21. The van der Waals surface area contributed by atoms with Crippen LogP contribution in [0.1, 0.15) is 30.4 Å². The van der Waals surface area contributed by atoms with Crippen molar-refractivity contribution < 1.29 is 0 Å². The molecule has 0 N–H and O–H groups in total. The molecule has 1 aromatic carbocycles. The third kappa shape index (κ3) is 2.24. The number of hydrogen-bond acceptors (Lipinski definition) is 1. The standard InChI is InChI=1S/C14H15N/c1-2-14(12-7-4-3-5-8-12)13-9-6-10-15-11-13/h3-11,14H,2H2,1H3/t14-/m0/s1. The van der Waals surface area contributed by atoms with Gasteiger partial charge in [-0.05, 0) is 23.6 Å². The predicted molar refractivity (Wildman–Crippen MR) is 62.8 cm³/mol. The van der Waals surface area contributed by atoms with Gasteiger partial charge in [0.25, 0.3) is 0 Å². The minimum Gasteiger partial charge on any atom is -0.264 e. The van der Waals surface area contributed by atoms with Gasteiger partial charge in [0.1, 0.15) is 0 Å². The van der Waals surface area contributed by atoms with Crippen LogP contribution in [0, 0.1) is 0 Å². The Balaban J connectivity index is 2.34. The molecule has 0 aliphatic heterocycles. The zero-order chi connectivity index (χ0) is 10.5. The molecule has 1 heterocycles. The third-order valence-electron chi connectivity index (χ3n) is 2.70. The number of benzene rings is 1. The van der Waals surface area contributed by atoms with Crippen LogP contribution in [0.15, 0.2) is 54.9 Å². The fraction of sp³-hybridized carbons (Fsp3) is 0.214. The monoisotopic (exact) mass is 197 g/mol. The van der Waals surface area contributed by atoms with Crippen molar-refractivity contribution in [3.8, 4) is 0 Å². The van der Waals surface area contributed by atoms with Crippen molar-refractivity contribution in [1.82, 2.24) is 4.98 Å². The van der Waals surface area contributed by atoms with E-state index in [2.05, 4.69) is 48.3 Å². The molecule has 1 heteroatoms. The number of pyridine rings is 1. The van der Waals surface area contributed by atoms with E-state index in [0.717, 1.165) is 6.42 Å². The molecule has 1 aromatic heterocycles. The molecule has 2 aromatic rings. The first-order valence-corrected chi connectivity index (χ1v) is 5.36. The summed E-state index contributed by atoms with van der Waals surface area (Å²) in [6.07, 6.45) is 4.89. The van der Waals surface area contributed by atoms with Gasteiger partial charge >= 0.3 is 0 Å². The lowest BCUT2D eigenvalue weighted by molar-refractivity contribution is 0.773. The number of hydrogen-bond donors (Lipinski definition) is 0. The molecule has 0 saturated carbocycles. The molecule has 0 spiro atoms. The maximum absolute atomic E-state index is 4.18. The van der Waals surface area contributed by atoms with Gasteiger partial charge in [-0.2, -0.15) is 0 Å². The van der Waals surface area contributed by atoms with E-state index in [1.165, 1.54) is 11.1 Å². The first kappa shape index (κ1) is 9.91. The average Bonchev–Trinajstić information content (AvgIpc) is 2.33. The first-order valence-electron chi connectivity index (χ1n) is 5.36. The van der Waals surface area contributed by atoms with Crippen LogP contribution in [-0.2, 0) is 0 Å². The fourth-order valence-corrected chi connectivity index (χ4v) is 1.93. The molecule has 0 unspecified atom stereocenters. The second-order valence-corrected chi connectivity index (χ2v) is 3.66. The Labute approximate surface area is 90.8 Å². The van der Waals surface area contributed by atoms with Gasteiger partial charge in [-0.25, -0.2) is 0 Å². The van der Waals surface area contributed by atoms with Crippen LogP contribution in [0.25, 0.3) is 0 Å². The van der Waals surface area contributed by atoms with Crippen molar-refractivity contribution in [2.24, 2.45) is 0 Å². The second-order valence-electron chi connectivity index (χ2n) is 3.66. The molecule has 0 saturated heterocycles. The van der Waals surface area contributed by atoms with E-state index in [9.17, 15) is 0 Å². The van der Waals surface area contributed by atoms with Gasteiger partial charge in [0.05, 0.1) is 0 Å². The summed E-state index contributed by atoms with van der Waals surface area (Å²) in [5.74, 6) is 0.472. The maximum Gasteiger partial charge on any atom is 0.0306 e. The van der Waals surface area contributed by atoms with Gasteiger partial charge in [-0.3, -0.25) is 4.98 Å². The van der Waals surface area contributed by atoms with Crippen LogP contribution in [0.5, 0.6) is 0 Å². The average molecular weight is 197 g/mol. The largest absolute Gasteiger partial charge is 0.264 e. The maximum atomic E-state index is 4.18. The van der Waals surface area contributed by atoms with E-state index in [4.69, 9.17) is 0 Å². The Morgan fingerprint density at radius 1 is 1.00 bits per heavy atom. The Bertz CT molecular complexity index is 355. The second kappa shape index (κ2) is 4.74. The summed E-state index contributed by atoms with van der Waals surface area (Å²) in [5.41, 5.74) is 2.67. The molecule has 0 fully saturated rings. The highest BCUT2D eigenvalue weighted by Gasteiger charge is 2.10. The van der Waals surface area contributed by atoms with Gasteiger partial charge in [0.15, 0.2) is 0 Å². The summed E-state index contributed by atoms with van der Waals surface area (Å²) < 4.78 is 0. The van der Waals surface area contributed by atoms with Gasteiger partial charge in [-0.1, -0.05) is 43.3 Å². The molecule has 0 bridgehead atoms. The summed E-state index contributed by atoms with van der Waals surface area (Å²) in [6, 6.07) is 14.7. The van der Waals surface area contributed by atoms with Crippen molar-refractivity contribution in [3.63, 3.8) is 0 Å². The predicted octanol–water partition coefficient (Wildman–Crippen LogP) is 3.62. The topological polar surface area (TPSA) is 12.9 Å². The van der Waals surface area contributed by atoms with Crippen molar-refractivity contribution >= 4 is 0 Å². The first-order chi connectivity index (χ1) is 7.42. The van der Waals surface area contributed by atoms with Crippen LogP contribution in [0.2, 0.25) is 0 Å². The van der Waals surface area contributed by atoms with Crippen molar-refractivity contribution in [1.29, 1.82) is 0 Å². The molecular formula is C14H15N. The zero-order valence-corrected chi connectivity index (χ0v) is 8.93. The fourth-order valence-electron chi connectivity index (χ4n) is 1.93. The van der Waals surface area contributed by atoms with Crippen LogP contribution in [0.3, 0.4) is 0 Å². The molecule has 1 nitrogen and oxygen atoms in total. The van der Waals surface area contributed by atoms with E-state index in [-0.39, 0.29) is 0 Å². The van der Waals surface area contributed by atoms with Crippen molar-refractivity contribution in [2.45, 2.75) is 19.3 Å². The van der Waals surface area contributed by atoms with Crippen LogP contribution < -0.4 is 0 Å². The summed E-state index contributed by atoms with van der Waals surface area (Å²) in [5, 5.41) is 0. The molecule has 76 valence electrons. The highest BCUT2D eigenvalue weighted by Crippen LogP contribution is 2.26.